The standard InChI is InChI=1S/C15H13N5O2/c1-8-12(14(21)22)13(11-5-3-10(7-16)4-6-11)20-15(17-8)18-9(2)19-20/h3-6,12-13H,1-2H3,(H,21,22). The third kappa shape index (κ3) is 2.15. The van der Waals surface area contributed by atoms with Gasteiger partial charge in [0.05, 0.1) is 17.7 Å². The van der Waals surface area contributed by atoms with Gasteiger partial charge in [-0.15, -0.1) is 0 Å². The van der Waals surface area contributed by atoms with Gasteiger partial charge in [-0.2, -0.15) is 15.3 Å². The van der Waals surface area contributed by atoms with Crippen LogP contribution in [0.4, 0.5) is 5.95 Å². The zero-order chi connectivity index (χ0) is 15.9. The number of fused-ring (bicyclic) bond motifs is 1. The summed E-state index contributed by atoms with van der Waals surface area (Å²) in [6.45, 7) is 3.42. The van der Waals surface area contributed by atoms with Crippen molar-refractivity contribution >= 4 is 17.6 Å². The van der Waals surface area contributed by atoms with E-state index in [0.29, 0.717) is 23.0 Å². The number of nitrogens with zero attached hydrogens (tertiary/aromatic N) is 5. The Bertz CT molecular complexity index is 813. The quantitative estimate of drug-likeness (QED) is 0.910. The second-order valence-corrected chi connectivity index (χ2v) is 5.15. The first-order chi connectivity index (χ1) is 10.5. The van der Waals surface area contributed by atoms with Gasteiger partial charge in [0.15, 0.2) is 0 Å². The summed E-state index contributed by atoms with van der Waals surface area (Å²) in [5, 5.41) is 22.8. The predicted octanol–water partition coefficient (Wildman–Crippen LogP) is 1.85. The predicted molar refractivity (Wildman–Crippen MR) is 77.9 cm³/mol. The molecule has 22 heavy (non-hydrogen) atoms. The van der Waals surface area contributed by atoms with E-state index >= 15 is 0 Å². The molecule has 1 N–H and O–H groups in total. The highest BCUT2D eigenvalue weighted by molar-refractivity contribution is 6.02. The average Bonchev–Trinajstić information content (AvgIpc) is 2.85. The van der Waals surface area contributed by atoms with E-state index in [0.717, 1.165) is 5.56 Å². The summed E-state index contributed by atoms with van der Waals surface area (Å²) in [6, 6.07) is 8.35. The Morgan fingerprint density at radius 2 is 2.00 bits per heavy atom. The van der Waals surface area contributed by atoms with Crippen LogP contribution in [0.5, 0.6) is 0 Å². The number of aliphatic carboxylic acids is 1. The molecular formula is C15H13N5O2. The minimum atomic E-state index is -0.964. The Labute approximate surface area is 126 Å². The molecule has 7 heteroatoms. The van der Waals surface area contributed by atoms with Crippen molar-refractivity contribution in [3.05, 3.63) is 41.2 Å². The van der Waals surface area contributed by atoms with Crippen molar-refractivity contribution in [2.75, 3.05) is 0 Å². The number of aromatic nitrogens is 3. The highest BCUT2D eigenvalue weighted by Gasteiger charge is 2.38. The van der Waals surface area contributed by atoms with Crippen LogP contribution in [0.3, 0.4) is 0 Å². The monoisotopic (exact) mass is 295 g/mol. The van der Waals surface area contributed by atoms with E-state index in [1.54, 1.807) is 42.8 Å². The Morgan fingerprint density at radius 1 is 1.32 bits per heavy atom. The first kappa shape index (κ1) is 13.9. The maximum atomic E-state index is 11.7. The van der Waals surface area contributed by atoms with Crippen molar-refractivity contribution in [3.8, 4) is 6.07 Å². The molecule has 0 radical (unpaired) electrons. The number of benzene rings is 1. The van der Waals surface area contributed by atoms with Crippen LogP contribution < -0.4 is 0 Å². The molecule has 3 rings (SSSR count). The van der Waals surface area contributed by atoms with Crippen LogP contribution in [0.25, 0.3) is 0 Å². The van der Waals surface area contributed by atoms with Crippen molar-refractivity contribution < 1.29 is 9.90 Å². The van der Waals surface area contributed by atoms with E-state index < -0.39 is 17.9 Å². The Hall–Kier alpha value is -3.01. The number of aliphatic imine (C=N–C) groups is 1. The molecule has 110 valence electrons. The van der Waals surface area contributed by atoms with Crippen molar-refractivity contribution in [1.29, 1.82) is 5.26 Å². The molecule has 0 amide bonds. The lowest BCUT2D eigenvalue weighted by Gasteiger charge is -2.28. The minimum Gasteiger partial charge on any atom is -0.481 e. The first-order valence-corrected chi connectivity index (χ1v) is 6.72. The second-order valence-electron chi connectivity index (χ2n) is 5.15. The van der Waals surface area contributed by atoms with Crippen molar-refractivity contribution in [2.24, 2.45) is 10.9 Å². The number of carboxylic acids is 1. The maximum absolute atomic E-state index is 11.7. The Morgan fingerprint density at radius 3 is 2.59 bits per heavy atom. The van der Waals surface area contributed by atoms with E-state index in [1.807, 2.05) is 6.07 Å². The maximum Gasteiger partial charge on any atom is 0.314 e. The zero-order valence-electron chi connectivity index (χ0n) is 12.1. The van der Waals surface area contributed by atoms with Gasteiger partial charge in [-0.05, 0) is 31.5 Å². The first-order valence-electron chi connectivity index (χ1n) is 6.72. The molecule has 0 spiro atoms. The van der Waals surface area contributed by atoms with Crippen molar-refractivity contribution in [1.82, 2.24) is 14.8 Å². The molecule has 7 nitrogen and oxygen atoms in total. The fourth-order valence-electron chi connectivity index (χ4n) is 2.68. The summed E-state index contributed by atoms with van der Waals surface area (Å²) in [5.41, 5.74) is 1.76. The normalized spacial score (nSPS) is 20.0. The lowest BCUT2D eigenvalue weighted by Crippen LogP contribution is -2.35. The van der Waals surface area contributed by atoms with Gasteiger partial charge in [-0.3, -0.25) is 4.79 Å². The van der Waals surface area contributed by atoms with Crippen LogP contribution >= 0.6 is 0 Å². The molecule has 2 unspecified atom stereocenters. The van der Waals surface area contributed by atoms with Gasteiger partial charge in [0, 0.05) is 5.71 Å². The number of hydrogen-bond acceptors (Lipinski definition) is 5. The van der Waals surface area contributed by atoms with Crippen LogP contribution in [0.15, 0.2) is 29.3 Å². The fourth-order valence-corrected chi connectivity index (χ4v) is 2.68. The molecule has 0 saturated carbocycles. The molecule has 2 atom stereocenters. The van der Waals surface area contributed by atoms with E-state index in [2.05, 4.69) is 15.1 Å². The molecule has 1 aromatic carbocycles. The summed E-state index contributed by atoms with van der Waals surface area (Å²) in [5.74, 6) is -0.839. The summed E-state index contributed by atoms with van der Waals surface area (Å²) in [4.78, 5) is 20.2. The van der Waals surface area contributed by atoms with Gasteiger partial charge in [0.25, 0.3) is 0 Å². The van der Waals surface area contributed by atoms with Gasteiger partial charge >= 0.3 is 5.97 Å². The number of carbonyl (C=O) groups is 1. The van der Waals surface area contributed by atoms with Crippen LogP contribution in [-0.4, -0.2) is 31.6 Å². The number of hydrogen-bond donors (Lipinski definition) is 1. The van der Waals surface area contributed by atoms with Crippen LogP contribution in [-0.2, 0) is 4.79 Å². The third-order valence-corrected chi connectivity index (χ3v) is 3.67. The number of rotatable bonds is 2. The van der Waals surface area contributed by atoms with Gasteiger partial charge in [-0.25, -0.2) is 9.67 Å². The number of nitriles is 1. The zero-order valence-corrected chi connectivity index (χ0v) is 12.1. The van der Waals surface area contributed by atoms with Gasteiger partial charge < -0.3 is 5.11 Å². The van der Waals surface area contributed by atoms with Crippen LogP contribution in [0.1, 0.15) is 29.9 Å². The van der Waals surface area contributed by atoms with Crippen LogP contribution in [0, 0.1) is 24.2 Å². The van der Waals surface area contributed by atoms with Gasteiger partial charge in [0.1, 0.15) is 11.7 Å². The molecule has 0 fully saturated rings. The van der Waals surface area contributed by atoms with E-state index in [9.17, 15) is 9.90 Å². The van der Waals surface area contributed by atoms with Gasteiger partial charge in [0.2, 0.25) is 5.95 Å². The third-order valence-electron chi connectivity index (χ3n) is 3.67. The summed E-state index contributed by atoms with van der Waals surface area (Å²) < 4.78 is 1.54. The molecule has 1 aromatic heterocycles. The highest BCUT2D eigenvalue weighted by Crippen LogP contribution is 2.35. The topological polar surface area (TPSA) is 104 Å². The average molecular weight is 295 g/mol. The Balaban J connectivity index is 2.17. The molecular weight excluding hydrogens is 282 g/mol. The van der Waals surface area contributed by atoms with Gasteiger partial charge in [-0.1, -0.05) is 12.1 Å². The highest BCUT2D eigenvalue weighted by atomic mass is 16.4. The SMILES string of the molecule is CC1=Nc2nc(C)nn2C(c2ccc(C#N)cc2)C1C(=O)O. The summed E-state index contributed by atoms with van der Waals surface area (Å²) in [6.07, 6.45) is 0. The van der Waals surface area contributed by atoms with E-state index in [1.165, 1.54) is 0 Å². The Kier molecular flexibility index (Phi) is 3.22. The molecule has 0 aliphatic carbocycles. The lowest BCUT2D eigenvalue weighted by atomic mass is 9.88. The largest absolute Gasteiger partial charge is 0.481 e. The minimum absolute atomic E-state index is 0.404. The molecule has 1 aliphatic heterocycles. The number of carboxylic acid groups (broad SMARTS) is 1. The lowest BCUT2D eigenvalue weighted by molar-refractivity contribution is -0.140. The van der Waals surface area contributed by atoms with Crippen LogP contribution in [0.2, 0.25) is 0 Å². The molecule has 1 aliphatic rings. The van der Waals surface area contributed by atoms with E-state index in [4.69, 9.17) is 5.26 Å². The molecule has 2 aromatic rings. The molecule has 2 heterocycles. The summed E-state index contributed by atoms with van der Waals surface area (Å²) in [7, 11) is 0. The fraction of sp³-hybridized carbons (Fsp3) is 0.267. The second kappa shape index (κ2) is 5.07. The molecule has 0 saturated heterocycles. The van der Waals surface area contributed by atoms with E-state index in [-0.39, 0.29) is 0 Å². The summed E-state index contributed by atoms with van der Waals surface area (Å²) >= 11 is 0. The smallest absolute Gasteiger partial charge is 0.314 e. The number of aryl methyl sites for hydroxylation is 1. The van der Waals surface area contributed by atoms with Crippen molar-refractivity contribution in [3.63, 3.8) is 0 Å². The molecule has 0 bridgehead atoms. The van der Waals surface area contributed by atoms with Crippen molar-refractivity contribution in [2.45, 2.75) is 19.9 Å².